The van der Waals surface area contributed by atoms with Crippen molar-refractivity contribution in [3.63, 3.8) is 0 Å². The van der Waals surface area contributed by atoms with E-state index in [9.17, 15) is 0 Å². The van der Waals surface area contributed by atoms with Gasteiger partial charge in [-0.15, -0.1) is 0 Å². The summed E-state index contributed by atoms with van der Waals surface area (Å²) in [6.45, 7) is 9.84. The van der Waals surface area contributed by atoms with E-state index in [1.54, 1.807) is 17.2 Å². The molecule has 0 aromatic heterocycles. The van der Waals surface area contributed by atoms with Crippen LogP contribution in [0.25, 0.3) is 6.08 Å². The Bertz CT molecular complexity index is 995. The van der Waals surface area contributed by atoms with Gasteiger partial charge in [-0.2, -0.15) is 0 Å². The maximum Gasteiger partial charge on any atom is -1.00 e. The van der Waals surface area contributed by atoms with Gasteiger partial charge < -0.3 is 24.8 Å². The molecule has 0 spiro atoms. The predicted molar refractivity (Wildman–Crippen MR) is 119 cm³/mol. The van der Waals surface area contributed by atoms with Crippen molar-refractivity contribution in [3.05, 3.63) is 98.0 Å². The number of benzene rings is 2. The molecule has 1 unspecified atom stereocenters. The van der Waals surface area contributed by atoms with Gasteiger partial charge in [0.2, 0.25) is 0 Å². The van der Waals surface area contributed by atoms with Crippen molar-refractivity contribution >= 4 is 17.4 Å². The molecule has 0 heterocycles. The van der Waals surface area contributed by atoms with Crippen molar-refractivity contribution in [2.24, 2.45) is 0 Å². The fourth-order valence-electron chi connectivity index (χ4n) is 4.25. The Morgan fingerprint density at radius 3 is 2.24 bits per heavy atom. The molecule has 4 heteroatoms. The molecule has 2 aromatic carbocycles. The minimum absolute atomic E-state index is 0. The smallest absolute Gasteiger partial charge is 1.00 e. The Morgan fingerprint density at radius 2 is 1.59 bits per heavy atom. The van der Waals surface area contributed by atoms with Gasteiger partial charge in [0.05, 0.1) is 0 Å². The molecule has 2 aromatic rings. The maximum absolute atomic E-state index is 2.63. The summed E-state index contributed by atoms with van der Waals surface area (Å²) in [5.41, 5.74) is 4.44. The summed E-state index contributed by atoms with van der Waals surface area (Å²) in [7, 11) is -1.25. The van der Waals surface area contributed by atoms with E-state index in [0.29, 0.717) is 3.63 Å². The van der Waals surface area contributed by atoms with Crippen LogP contribution in [0.1, 0.15) is 33.7 Å². The zero-order chi connectivity index (χ0) is 19.0. The van der Waals surface area contributed by atoms with Crippen LogP contribution >= 0.6 is 0 Å². The third-order valence-electron chi connectivity index (χ3n) is 5.80. The fourth-order valence-corrected chi connectivity index (χ4v) is 14.1. The zero-order valence-electron chi connectivity index (χ0n) is 17.5. The maximum atomic E-state index is 2.63. The summed E-state index contributed by atoms with van der Waals surface area (Å²) in [6.07, 6.45) is 11.2. The molecule has 0 amide bonds. The monoisotopic (exact) mass is 516 g/mol. The van der Waals surface area contributed by atoms with Crippen LogP contribution in [0.5, 0.6) is 0 Å². The van der Waals surface area contributed by atoms with E-state index in [4.69, 9.17) is 0 Å². The van der Waals surface area contributed by atoms with Crippen LogP contribution in [0, 0.1) is 0 Å². The Labute approximate surface area is 196 Å². The van der Waals surface area contributed by atoms with Crippen molar-refractivity contribution in [1.29, 1.82) is 0 Å². The van der Waals surface area contributed by atoms with E-state index in [1.165, 1.54) is 17.5 Å². The number of hydrogen-bond acceptors (Lipinski definition) is 0. The topological polar surface area (TPSA) is 0 Å². The minimum atomic E-state index is -2.08. The van der Waals surface area contributed by atoms with Crippen LogP contribution in [0.2, 0.25) is 19.6 Å². The number of hydrogen-bond donors (Lipinski definition) is 0. The van der Waals surface area contributed by atoms with Gasteiger partial charge >= 0.3 is 173 Å². The van der Waals surface area contributed by atoms with Gasteiger partial charge in [-0.05, 0) is 0 Å². The molecule has 150 valence electrons. The molecule has 0 fully saturated rings. The first kappa shape index (κ1) is 24.5. The molecule has 0 saturated carbocycles. The molecular weight excluding hydrogens is 490 g/mol. The van der Waals surface area contributed by atoms with Crippen molar-refractivity contribution in [1.82, 2.24) is 0 Å². The Morgan fingerprint density at radius 1 is 0.931 bits per heavy atom. The van der Waals surface area contributed by atoms with Gasteiger partial charge in [0.1, 0.15) is 0 Å². The zero-order valence-corrected chi connectivity index (χ0v) is 22.5. The van der Waals surface area contributed by atoms with E-state index >= 15 is 0 Å². The Hall–Kier alpha value is -0.790. The van der Waals surface area contributed by atoms with E-state index in [1.807, 2.05) is 0 Å². The number of allylic oxidation sites excluding steroid dienone is 5. The van der Waals surface area contributed by atoms with E-state index in [0.717, 1.165) is 0 Å². The van der Waals surface area contributed by atoms with Crippen LogP contribution in [-0.2, 0) is 21.3 Å². The molecule has 0 N–H and O–H groups in total. The van der Waals surface area contributed by atoms with E-state index in [-0.39, 0.29) is 24.8 Å². The second-order valence-corrected chi connectivity index (χ2v) is 20.7. The molecule has 29 heavy (non-hydrogen) atoms. The van der Waals surface area contributed by atoms with Crippen molar-refractivity contribution in [2.75, 3.05) is 0 Å². The third kappa shape index (κ3) is 5.10. The Kier molecular flexibility index (Phi) is 8.45. The summed E-state index contributed by atoms with van der Waals surface area (Å²) in [5.74, 6) is 0. The number of rotatable bonds is 4. The molecule has 2 aliphatic rings. The molecule has 1 atom stereocenters. The van der Waals surface area contributed by atoms with Crippen LogP contribution in [-0.4, -0.2) is 11.3 Å². The molecule has 0 radical (unpaired) electrons. The summed E-state index contributed by atoms with van der Waals surface area (Å²) in [6, 6.07) is 20.1. The SMILES string of the molecule is C/[C](c1ccccc1)=[Zr+2](/[C]1=CC([Si](C)(C)C)=CC1)[CH]1C=Cc2ccccc21.[Cl-].[Cl-]. The van der Waals surface area contributed by atoms with Gasteiger partial charge in [0, 0.05) is 0 Å². The first-order valence-electron chi connectivity index (χ1n) is 9.90. The molecule has 0 aliphatic heterocycles. The van der Waals surface area contributed by atoms with Gasteiger partial charge in [0.25, 0.3) is 0 Å². The van der Waals surface area contributed by atoms with Crippen molar-refractivity contribution in [3.8, 4) is 0 Å². The molecule has 0 saturated heterocycles. The predicted octanol–water partition coefficient (Wildman–Crippen LogP) is 0.713. The standard InChI is InChI=1S/C9H7.C8H13Si.C8H8.2ClH.Zr/c1-2-5-9-7-3-6-8(9)4-1;1-9(2,3)8-6-4-5-7-8;1-2-8-6-4-3-5-7-8;;;/h1-7H;6-7H,4H2,1-3H3;3-7H,1H3;2*1H;/q;;;;;+2/p-2. The van der Waals surface area contributed by atoms with Crippen molar-refractivity contribution in [2.45, 2.75) is 36.6 Å². The first-order chi connectivity index (χ1) is 12.9. The first-order valence-corrected chi connectivity index (χ1v) is 17.3. The largest absolute Gasteiger partial charge is 1.00 e. The minimum Gasteiger partial charge on any atom is -1.00 e. The molecular formula is C25H28Cl2SiZr. The van der Waals surface area contributed by atoms with Gasteiger partial charge in [-0.1, -0.05) is 0 Å². The summed E-state index contributed by atoms with van der Waals surface area (Å²) in [5, 5.41) is 1.66. The van der Waals surface area contributed by atoms with Gasteiger partial charge in [-0.3, -0.25) is 0 Å². The van der Waals surface area contributed by atoms with Crippen LogP contribution in [0.15, 0.2) is 81.3 Å². The van der Waals surface area contributed by atoms with E-state index < -0.39 is 29.3 Å². The second kappa shape index (κ2) is 10.0. The van der Waals surface area contributed by atoms with Gasteiger partial charge in [0.15, 0.2) is 0 Å². The second-order valence-electron chi connectivity index (χ2n) is 8.65. The quantitative estimate of drug-likeness (QED) is 0.524. The average Bonchev–Trinajstić information content (AvgIpc) is 3.31. The van der Waals surface area contributed by atoms with Crippen molar-refractivity contribution < 1.29 is 46.1 Å². The molecule has 0 nitrogen and oxygen atoms in total. The average molecular weight is 519 g/mol. The third-order valence-corrected chi connectivity index (χ3v) is 15.9. The van der Waals surface area contributed by atoms with E-state index in [2.05, 4.69) is 105 Å². The molecule has 4 rings (SSSR count). The van der Waals surface area contributed by atoms with Crippen LogP contribution in [0.4, 0.5) is 0 Å². The summed E-state index contributed by atoms with van der Waals surface area (Å²) in [4.78, 5) is 0. The Balaban J connectivity index is 0.00000150. The molecule has 2 aliphatic carbocycles. The molecule has 0 bridgehead atoms. The van der Waals surface area contributed by atoms with Crippen LogP contribution < -0.4 is 24.8 Å². The summed E-state index contributed by atoms with van der Waals surface area (Å²) >= 11 is -2.08. The van der Waals surface area contributed by atoms with Gasteiger partial charge in [-0.25, -0.2) is 0 Å². The summed E-state index contributed by atoms with van der Waals surface area (Å²) < 4.78 is 4.09. The van der Waals surface area contributed by atoms with Crippen LogP contribution in [0.3, 0.4) is 0 Å². The normalized spacial score (nSPS) is 17.5. The number of halogens is 2. The number of fused-ring (bicyclic) bond motifs is 1. The fraction of sp³-hybridized carbons (Fsp3) is 0.240.